The first kappa shape index (κ1) is 22.7. The van der Waals surface area contributed by atoms with Crippen molar-refractivity contribution in [3.05, 3.63) is 115 Å². The van der Waals surface area contributed by atoms with Crippen molar-refractivity contribution in [2.24, 2.45) is 0 Å². The molecule has 0 amide bonds. The first-order valence-corrected chi connectivity index (χ1v) is 13.0. The number of hydrogen-bond donors (Lipinski definition) is 0. The van der Waals surface area contributed by atoms with E-state index in [1.165, 1.54) is 11.1 Å². The molecule has 1 aliphatic heterocycles. The third kappa shape index (κ3) is 4.74. The van der Waals surface area contributed by atoms with E-state index in [-0.39, 0.29) is 11.1 Å². The lowest BCUT2D eigenvalue weighted by Gasteiger charge is -2.18. The molecule has 4 aromatic rings. The third-order valence-corrected chi connectivity index (χ3v) is 7.86. The Morgan fingerprint density at radius 1 is 0.647 bits per heavy atom. The number of aromatic nitrogens is 4. The van der Waals surface area contributed by atoms with Crippen molar-refractivity contribution in [1.82, 2.24) is 19.1 Å². The maximum atomic E-state index is 13.0. The molecule has 0 atom stereocenters. The van der Waals surface area contributed by atoms with E-state index in [0.717, 1.165) is 11.1 Å². The van der Waals surface area contributed by atoms with Gasteiger partial charge < -0.3 is 0 Å². The van der Waals surface area contributed by atoms with E-state index in [1.54, 1.807) is 44.8 Å². The molecule has 8 heteroatoms. The molecule has 1 aliphatic rings. The van der Waals surface area contributed by atoms with Gasteiger partial charge in [-0.1, -0.05) is 72.1 Å². The van der Waals surface area contributed by atoms with E-state index in [9.17, 15) is 9.59 Å². The predicted molar refractivity (Wildman–Crippen MR) is 137 cm³/mol. The quantitative estimate of drug-likeness (QED) is 0.342. The summed E-state index contributed by atoms with van der Waals surface area (Å²) >= 11 is 3.16. The summed E-state index contributed by atoms with van der Waals surface area (Å²) in [5.41, 5.74) is 5.61. The molecule has 0 saturated carbocycles. The number of benzene rings is 2. The molecule has 0 radical (unpaired) electrons. The van der Waals surface area contributed by atoms with E-state index in [2.05, 4.69) is 12.1 Å². The van der Waals surface area contributed by atoms with Gasteiger partial charge in [0.25, 0.3) is 11.1 Å². The average molecular weight is 489 g/mol. The second-order valence-corrected chi connectivity index (χ2v) is 10.2. The van der Waals surface area contributed by atoms with Crippen LogP contribution in [0.1, 0.15) is 33.6 Å². The molecule has 0 unspecified atom stereocenters. The Hall–Kier alpha value is -3.10. The molecule has 0 N–H and O–H groups in total. The van der Waals surface area contributed by atoms with Gasteiger partial charge in [0.1, 0.15) is 0 Å². The van der Waals surface area contributed by atoms with Gasteiger partial charge >= 0.3 is 0 Å². The molecule has 3 heterocycles. The Bertz CT molecular complexity index is 1380. The minimum Gasteiger partial charge on any atom is -0.283 e. The van der Waals surface area contributed by atoms with Gasteiger partial charge in [0, 0.05) is 35.0 Å². The van der Waals surface area contributed by atoms with Crippen LogP contribution in [0.25, 0.3) is 0 Å². The lowest BCUT2D eigenvalue weighted by atomic mass is 10.1. The lowest BCUT2D eigenvalue weighted by Crippen LogP contribution is -2.26. The normalized spacial score (nSPS) is 13.7. The molecule has 0 fully saturated rings. The van der Waals surface area contributed by atoms with Gasteiger partial charge in [-0.2, -0.15) is 0 Å². The van der Waals surface area contributed by atoms with Crippen molar-refractivity contribution < 1.29 is 0 Å². The van der Waals surface area contributed by atoms with E-state index < -0.39 is 0 Å². The highest BCUT2D eigenvalue weighted by atomic mass is 32.2. The number of aryl methyl sites for hydroxylation is 2. The molecule has 34 heavy (non-hydrogen) atoms. The second-order valence-electron chi connectivity index (χ2n) is 8.32. The molecule has 2 aromatic carbocycles. The van der Waals surface area contributed by atoms with Gasteiger partial charge in [-0.15, -0.1) is 0 Å². The van der Waals surface area contributed by atoms with Crippen molar-refractivity contribution in [3.63, 3.8) is 0 Å². The van der Waals surface area contributed by atoms with Crippen LogP contribution in [0.15, 0.2) is 80.6 Å². The van der Waals surface area contributed by atoms with Crippen LogP contribution in [0.3, 0.4) is 0 Å². The number of thioether (sulfide) groups is 2. The van der Waals surface area contributed by atoms with Crippen LogP contribution in [0.5, 0.6) is 0 Å². The molecule has 2 aromatic heterocycles. The van der Waals surface area contributed by atoms with E-state index in [0.29, 0.717) is 46.3 Å². The fourth-order valence-corrected chi connectivity index (χ4v) is 6.20. The Kier molecular flexibility index (Phi) is 6.43. The average Bonchev–Trinajstić information content (AvgIpc) is 2.81. The molecule has 0 bridgehead atoms. The van der Waals surface area contributed by atoms with Gasteiger partial charge in [-0.05, 0) is 36.1 Å². The molecule has 172 valence electrons. The van der Waals surface area contributed by atoms with Gasteiger partial charge in [0.15, 0.2) is 10.3 Å². The van der Waals surface area contributed by atoms with Crippen molar-refractivity contribution in [3.8, 4) is 0 Å². The predicted octanol–water partition coefficient (Wildman–Crippen LogP) is 4.41. The molecule has 5 rings (SSSR count). The summed E-state index contributed by atoms with van der Waals surface area (Å²) in [7, 11) is 0. The van der Waals surface area contributed by atoms with Crippen LogP contribution in [-0.2, 0) is 24.6 Å². The fourth-order valence-electron chi connectivity index (χ4n) is 4.03. The van der Waals surface area contributed by atoms with Gasteiger partial charge in [0.05, 0.1) is 13.1 Å². The summed E-state index contributed by atoms with van der Waals surface area (Å²) < 4.78 is 3.47. The first-order chi connectivity index (χ1) is 16.5. The molecule has 0 aliphatic carbocycles. The van der Waals surface area contributed by atoms with Crippen molar-refractivity contribution in [1.29, 1.82) is 0 Å². The molecule has 0 spiro atoms. The van der Waals surface area contributed by atoms with Crippen molar-refractivity contribution in [2.45, 2.75) is 48.8 Å². The van der Waals surface area contributed by atoms with Crippen LogP contribution in [0.2, 0.25) is 0 Å². The van der Waals surface area contributed by atoms with Gasteiger partial charge in [0.2, 0.25) is 0 Å². The van der Waals surface area contributed by atoms with E-state index in [4.69, 9.17) is 9.97 Å². The van der Waals surface area contributed by atoms with Crippen LogP contribution < -0.4 is 11.1 Å². The Balaban J connectivity index is 1.69. The monoisotopic (exact) mass is 488 g/mol. The fraction of sp³-hybridized carbons (Fsp3) is 0.231. The summed E-state index contributed by atoms with van der Waals surface area (Å²) in [4.78, 5) is 35.4. The first-order valence-electron chi connectivity index (χ1n) is 11.0. The number of rotatable bonds is 0. The highest BCUT2D eigenvalue weighted by molar-refractivity contribution is 7.98. The van der Waals surface area contributed by atoms with Crippen LogP contribution >= 0.6 is 23.5 Å². The zero-order chi connectivity index (χ0) is 23.7. The summed E-state index contributed by atoms with van der Waals surface area (Å²) in [5.74, 6) is 1.39. The van der Waals surface area contributed by atoms with Crippen LogP contribution in [0, 0.1) is 13.8 Å². The topological polar surface area (TPSA) is 69.8 Å². The minimum absolute atomic E-state index is 0.0735. The summed E-state index contributed by atoms with van der Waals surface area (Å²) in [6.45, 7) is 4.49. The molecule has 0 saturated heterocycles. The second kappa shape index (κ2) is 9.64. The van der Waals surface area contributed by atoms with Crippen molar-refractivity contribution in [2.75, 3.05) is 0 Å². The smallest absolute Gasteiger partial charge is 0.254 e. The number of hydrogen-bond acceptors (Lipinski definition) is 6. The maximum Gasteiger partial charge on any atom is 0.254 e. The Morgan fingerprint density at radius 2 is 1.03 bits per heavy atom. The van der Waals surface area contributed by atoms with E-state index in [1.807, 2.05) is 50.2 Å². The van der Waals surface area contributed by atoms with Crippen LogP contribution in [-0.4, -0.2) is 19.1 Å². The zero-order valence-corrected chi connectivity index (χ0v) is 20.7. The number of fused-ring (bicyclic) bond motifs is 4. The number of nitrogens with zero attached hydrogens (tertiary/aromatic N) is 4. The summed E-state index contributed by atoms with van der Waals surface area (Å²) in [6, 6.07) is 19.4. The zero-order valence-electron chi connectivity index (χ0n) is 19.0. The Labute approximate surface area is 206 Å². The largest absolute Gasteiger partial charge is 0.283 e. The Morgan fingerprint density at radius 3 is 1.44 bits per heavy atom. The standard InChI is InChI=1S/C26H24N4O2S2/c1-17-11-23(31)29-13-19-7-3-4-8-20(19)14-30-24(32)12-18(2)28-26(30)34-16-22-10-6-5-9-21(22)15-33-25(29)27-17/h3-12H,13-16H2,1-2H3. The summed E-state index contributed by atoms with van der Waals surface area (Å²) in [5, 5.41) is 1.41. The van der Waals surface area contributed by atoms with Gasteiger partial charge in [-0.25, -0.2) is 9.97 Å². The maximum absolute atomic E-state index is 13.0. The van der Waals surface area contributed by atoms with Crippen LogP contribution in [0.4, 0.5) is 0 Å². The van der Waals surface area contributed by atoms with E-state index >= 15 is 0 Å². The summed E-state index contributed by atoms with van der Waals surface area (Å²) in [6.07, 6.45) is 0. The third-order valence-electron chi connectivity index (χ3n) is 5.81. The lowest BCUT2D eigenvalue weighted by molar-refractivity contribution is 0.611. The van der Waals surface area contributed by atoms with Crippen molar-refractivity contribution >= 4 is 23.5 Å². The molecular formula is C26H24N4O2S2. The molecular weight excluding hydrogens is 464 g/mol. The van der Waals surface area contributed by atoms with Gasteiger partial charge in [-0.3, -0.25) is 18.7 Å². The highest BCUT2D eigenvalue weighted by Gasteiger charge is 2.16. The minimum atomic E-state index is -0.0735. The highest BCUT2D eigenvalue weighted by Crippen LogP contribution is 2.29. The SMILES string of the molecule is Cc1cc(=O)n2c(n1)SCc1ccccc1CSc1nc(C)cc(=O)n1Cc1ccccc1C2. The molecule has 6 nitrogen and oxygen atoms in total.